The summed E-state index contributed by atoms with van der Waals surface area (Å²) in [6, 6.07) is 13.4. The van der Waals surface area contributed by atoms with Crippen molar-refractivity contribution in [3.8, 4) is 0 Å². The van der Waals surface area contributed by atoms with E-state index in [0.29, 0.717) is 11.0 Å². The molecule has 0 spiro atoms. The maximum Gasteiger partial charge on any atom is 0.137 e. The van der Waals surface area contributed by atoms with Gasteiger partial charge in [0.1, 0.15) is 5.82 Å². The zero-order valence-electron chi connectivity index (χ0n) is 11.5. The lowest BCUT2D eigenvalue weighted by Crippen LogP contribution is -2.03. The van der Waals surface area contributed by atoms with Gasteiger partial charge in [0, 0.05) is 23.8 Å². The molecule has 0 amide bonds. The van der Waals surface area contributed by atoms with Crippen molar-refractivity contribution in [2.24, 2.45) is 0 Å². The number of aryl methyl sites for hydroxylation is 1. The van der Waals surface area contributed by atoms with E-state index in [4.69, 9.17) is 0 Å². The Hall–Kier alpha value is -1.94. The number of nitrogens with one attached hydrogen (secondary N) is 1. The number of benzene rings is 2. The Bertz CT molecular complexity index is 797. The molecule has 4 heteroatoms. The molecule has 106 valence electrons. The third-order valence-corrected chi connectivity index (χ3v) is 4.06. The van der Waals surface area contributed by atoms with Gasteiger partial charge in [-0.05, 0) is 52.2 Å². The van der Waals surface area contributed by atoms with Gasteiger partial charge in [0.05, 0.1) is 9.99 Å². The fourth-order valence-electron chi connectivity index (χ4n) is 2.34. The molecule has 0 aliphatic rings. The second kappa shape index (κ2) is 5.82. The second-order valence-electron chi connectivity index (χ2n) is 4.93. The highest BCUT2D eigenvalue weighted by Crippen LogP contribution is 2.25. The van der Waals surface area contributed by atoms with Crippen LogP contribution in [0, 0.1) is 12.7 Å². The molecule has 1 heterocycles. The van der Waals surface area contributed by atoms with Crippen LogP contribution in [0.5, 0.6) is 0 Å². The molecular formula is C17H14BrFN2. The molecule has 21 heavy (non-hydrogen) atoms. The number of anilines is 1. The van der Waals surface area contributed by atoms with Crippen LogP contribution >= 0.6 is 15.9 Å². The van der Waals surface area contributed by atoms with Gasteiger partial charge in [-0.3, -0.25) is 4.98 Å². The first-order chi connectivity index (χ1) is 10.1. The van der Waals surface area contributed by atoms with Crippen LogP contribution in [-0.4, -0.2) is 4.98 Å². The van der Waals surface area contributed by atoms with Crippen molar-refractivity contribution < 1.29 is 4.39 Å². The maximum atomic E-state index is 13.4. The van der Waals surface area contributed by atoms with Gasteiger partial charge in [-0.15, -0.1) is 0 Å². The molecule has 3 rings (SSSR count). The molecule has 3 aromatic rings. The standard InChI is InChI=1S/C17H14BrFN2/c1-11-8-15(19)14(18)9-16(11)21-10-13-5-2-4-12-6-3-7-20-17(12)13/h2-9,21H,10H2,1H3. The average molecular weight is 345 g/mol. The maximum absolute atomic E-state index is 13.4. The minimum atomic E-state index is -0.245. The van der Waals surface area contributed by atoms with Crippen LogP contribution in [0.4, 0.5) is 10.1 Å². The van der Waals surface area contributed by atoms with Gasteiger partial charge < -0.3 is 5.32 Å². The van der Waals surface area contributed by atoms with Gasteiger partial charge in [0.15, 0.2) is 0 Å². The Morgan fingerprint density at radius 1 is 1.19 bits per heavy atom. The van der Waals surface area contributed by atoms with Crippen molar-refractivity contribution in [1.82, 2.24) is 4.98 Å². The summed E-state index contributed by atoms with van der Waals surface area (Å²) >= 11 is 3.22. The predicted octanol–water partition coefficient (Wildman–Crippen LogP) is 5.06. The van der Waals surface area contributed by atoms with Crippen molar-refractivity contribution in [2.45, 2.75) is 13.5 Å². The summed E-state index contributed by atoms with van der Waals surface area (Å²) in [5, 5.41) is 4.47. The summed E-state index contributed by atoms with van der Waals surface area (Å²) in [5.74, 6) is -0.245. The summed E-state index contributed by atoms with van der Waals surface area (Å²) in [5.41, 5.74) is 3.90. The highest BCUT2D eigenvalue weighted by molar-refractivity contribution is 9.10. The Kier molecular flexibility index (Phi) is 3.88. The first kappa shape index (κ1) is 14.0. The fraction of sp³-hybridized carbons (Fsp3) is 0.118. The molecule has 0 unspecified atom stereocenters. The minimum Gasteiger partial charge on any atom is -0.381 e. The lowest BCUT2D eigenvalue weighted by Gasteiger charge is -2.12. The Balaban J connectivity index is 1.89. The highest BCUT2D eigenvalue weighted by atomic mass is 79.9. The van der Waals surface area contributed by atoms with Crippen molar-refractivity contribution >= 4 is 32.5 Å². The van der Waals surface area contributed by atoms with E-state index in [0.717, 1.165) is 27.7 Å². The van der Waals surface area contributed by atoms with Crippen LogP contribution in [-0.2, 0) is 6.54 Å². The van der Waals surface area contributed by atoms with E-state index in [-0.39, 0.29) is 5.82 Å². The monoisotopic (exact) mass is 344 g/mol. The summed E-state index contributed by atoms with van der Waals surface area (Å²) < 4.78 is 13.9. The van der Waals surface area contributed by atoms with Crippen LogP contribution in [0.15, 0.2) is 53.1 Å². The molecule has 0 aliphatic carbocycles. The van der Waals surface area contributed by atoms with Crippen molar-refractivity contribution in [3.05, 3.63) is 70.1 Å². The summed E-state index contributed by atoms with van der Waals surface area (Å²) in [4.78, 5) is 4.44. The van der Waals surface area contributed by atoms with E-state index in [1.54, 1.807) is 12.3 Å². The molecule has 0 saturated heterocycles. The number of pyridine rings is 1. The number of hydrogen-bond acceptors (Lipinski definition) is 2. The number of hydrogen-bond donors (Lipinski definition) is 1. The zero-order chi connectivity index (χ0) is 14.8. The van der Waals surface area contributed by atoms with E-state index in [9.17, 15) is 4.39 Å². The van der Waals surface area contributed by atoms with Crippen LogP contribution in [0.25, 0.3) is 10.9 Å². The molecule has 1 aromatic heterocycles. The third-order valence-electron chi connectivity index (χ3n) is 3.45. The number of nitrogens with zero attached hydrogens (tertiary/aromatic N) is 1. The molecule has 0 saturated carbocycles. The molecular weight excluding hydrogens is 331 g/mol. The second-order valence-corrected chi connectivity index (χ2v) is 5.78. The zero-order valence-corrected chi connectivity index (χ0v) is 13.1. The quantitative estimate of drug-likeness (QED) is 0.718. The molecule has 0 aliphatic heterocycles. The number of halogens is 2. The number of rotatable bonds is 3. The molecule has 0 atom stereocenters. The van der Waals surface area contributed by atoms with Crippen LogP contribution in [0.1, 0.15) is 11.1 Å². The largest absolute Gasteiger partial charge is 0.381 e. The van der Waals surface area contributed by atoms with E-state index in [1.807, 2.05) is 31.2 Å². The number of aromatic nitrogens is 1. The van der Waals surface area contributed by atoms with Gasteiger partial charge in [0.2, 0.25) is 0 Å². The van der Waals surface area contributed by atoms with E-state index in [1.165, 1.54) is 6.07 Å². The minimum absolute atomic E-state index is 0.245. The van der Waals surface area contributed by atoms with E-state index in [2.05, 4.69) is 32.3 Å². The average Bonchev–Trinajstić information content (AvgIpc) is 2.49. The lowest BCUT2D eigenvalue weighted by molar-refractivity contribution is 0.620. The van der Waals surface area contributed by atoms with Crippen LogP contribution in [0.3, 0.4) is 0 Å². The highest BCUT2D eigenvalue weighted by Gasteiger charge is 2.06. The molecule has 1 N–H and O–H groups in total. The van der Waals surface area contributed by atoms with Crippen LogP contribution in [0.2, 0.25) is 0 Å². The fourth-order valence-corrected chi connectivity index (χ4v) is 2.68. The molecule has 2 aromatic carbocycles. The van der Waals surface area contributed by atoms with E-state index < -0.39 is 0 Å². The van der Waals surface area contributed by atoms with Gasteiger partial charge in [-0.2, -0.15) is 0 Å². The smallest absolute Gasteiger partial charge is 0.137 e. The summed E-state index contributed by atoms with van der Waals surface area (Å²) in [6.45, 7) is 2.53. The van der Waals surface area contributed by atoms with Crippen molar-refractivity contribution in [2.75, 3.05) is 5.32 Å². The summed E-state index contributed by atoms with van der Waals surface area (Å²) in [6.07, 6.45) is 1.80. The lowest BCUT2D eigenvalue weighted by atomic mass is 10.1. The van der Waals surface area contributed by atoms with Crippen molar-refractivity contribution in [3.63, 3.8) is 0 Å². The Morgan fingerprint density at radius 2 is 2.00 bits per heavy atom. The number of fused-ring (bicyclic) bond motifs is 1. The molecule has 0 radical (unpaired) electrons. The Morgan fingerprint density at radius 3 is 2.86 bits per heavy atom. The van der Waals surface area contributed by atoms with Gasteiger partial charge in [0.25, 0.3) is 0 Å². The summed E-state index contributed by atoms with van der Waals surface area (Å²) in [7, 11) is 0. The predicted molar refractivity (Wildman–Crippen MR) is 87.9 cm³/mol. The van der Waals surface area contributed by atoms with Gasteiger partial charge in [-0.25, -0.2) is 4.39 Å². The Labute approximate surface area is 131 Å². The molecule has 0 fully saturated rings. The topological polar surface area (TPSA) is 24.9 Å². The number of para-hydroxylation sites is 1. The van der Waals surface area contributed by atoms with Gasteiger partial charge >= 0.3 is 0 Å². The molecule has 2 nitrogen and oxygen atoms in total. The first-order valence-electron chi connectivity index (χ1n) is 6.67. The van der Waals surface area contributed by atoms with Crippen LogP contribution < -0.4 is 5.32 Å². The third kappa shape index (κ3) is 2.90. The normalized spacial score (nSPS) is 10.8. The van der Waals surface area contributed by atoms with Gasteiger partial charge in [-0.1, -0.05) is 24.3 Å². The first-order valence-corrected chi connectivity index (χ1v) is 7.46. The SMILES string of the molecule is Cc1cc(F)c(Br)cc1NCc1cccc2cccnc12. The van der Waals surface area contributed by atoms with Crippen molar-refractivity contribution in [1.29, 1.82) is 0 Å². The van der Waals surface area contributed by atoms with E-state index >= 15 is 0 Å². The molecule has 0 bridgehead atoms.